The highest BCUT2D eigenvalue weighted by Crippen LogP contribution is 2.24. The van der Waals surface area contributed by atoms with Crippen LogP contribution >= 0.6 is 23.2 Å². The van der Waals surface area contributed by atoms with Gasteiger partial charge in [-0.3, -0.25) is 4.79 Å². The largest absolute Gasteiger partial charge is 0.483 e. The fraction of sp³-hybridized carbons (Fsp3) is 0.235. The fourth-order valence-corrected chi connectivity index (χ4v) is 3.63. The summed E-state index contributed by atoms with van der Waals surface area (Å²) < 4.78 is 30.8. The zero-order chi connectivity index (χ0) is 19.5. The molecule has 2 rings (SSSR count). The molecule has 0 aliphatic carbocycles. The van der Waals surface area contributed by atoms with Crippen LogP contribution in [0.3, 0.4) is 0 Å². The Hall–Kier alpha value is -1.80. The van der Waals surface area contributed by atoms with Crippen LogP contribution in [0.4, 0.5) is 5.69 Å². The summed E-state index contributed by atoms with van der Waals surface area (Å²) in [5, 5.41) is 3.44. The predicted molar refractivity (Wildman–Crippen MR) is 103 cm³/mol. The second-order valence-corrected chi connectivity index (χ2v) is 8.73. The number of amides is 1. The maximum absolute atomic E-state index is 12.1. The van der Waals surface area contributed by atoms with Crippen molar-refractivity contribution < 1.29 is 17.9 Å². The van der Waals surface area contributed by atoms with E-state index in [2.05, 4.69) is 5.32 Å². The lowest BCUT2D eigenvalue weighted by molar-refractivity contribution is -0.118. The highest BCUT2D eigenvalue weighted by atomic mass is 35.5. The van der Waals surface area contributed by atoms with E-state index in [9.17, 15) is 13.2 Å². The van der Waals surface area contributed by atoms with Gasteiger partial charge in [0.15, 0.2) is 6.61 Å². The van der Waals surface area contributed by atoms with Crippen molar-refractivity contribution in [2.45, 2.75) is 11.8 Å². The third kappa shape index (κ3) is 5.11. The number of ether oxygens (including phenoxy) is 1. The standard InChI is InChI=1S/C17H18Cl2N2O4S/c1-11-6-15(26(23,24)21(2)3)4-5-16(11)25-10-17(22)20-14-8-12(18)7-13(19)9-14/h4-9H,10H2,1-3H3,(H,20,22). The Bertz CT molecular complexity index is 910. The number of benzene rings is 2. The molecule has 6 nitrogen and oxygen atoms in total. The van der Waals surface area contributed by atoms with Gasteiger partial charge in [-0.2, -0.15) is 0 Å². The van der Waals surface area contributed by atoms with Crippen LogP contribution in [0.1, 0.15) is 5.56 Å². The van der Waals surface area contributed by atoms with Crippen LogP contribution in [0.15, 0.2) is 41.3 Å². The molecule has 0 bridgehead atoms. The third-order valence-electron chi connectivity index (χ3n) is 3.43. The minimum Gasteiger partial charge on any atom is -0.483 e. The Morgan fingerprint density at radius 2 is 1.73 bits per heavy atom. The Balaban J connectivity index is 2.04. The molecule has 0 saturated carbocycles. The maximum Gasteiger partial charge on any atom is 0.262 e. The maximum atomic E-state index is 12.1. The van der Waals surface area contributed by atoms with Crippen LogP contribution in [0.2, 0.25) is 10.0 Å². The summed E-state index contributed by atoms with van der Waals surface area (Å²) in [6, 6.07) is 9.15. The van der Waals surface area contributed by atoms with E-state index >= 15 is 0 Å². The molecule has 0 fully saturated rings. The average Bonchev–Trinajstić information content (AvgIpc) is 2.52. The molecule has 0 unspecified atom stereocenters. The van der Waals surface area contributed by atoms with Gasteiger partial charge in [0.25, 0.3) is 5.91 Å². The molecular formula is C17H18Cl2N2O4S. The van der Waals surface area contributed by atoms with Gasteiger partial charge in [-0.15, -0.1) is 0 Å². The number of carbonyl (C=O) groups is 1. The molecule has 0 atom stereocenters. The second-order valence-electron chi connectivity index (χ2n) is 5.71. The van der Waals surface area contributed by atoms with Crippen LogP contribution in [0.5, 0.6) is 5.75 Å². The highest BCUT2D eigenvalue weighted by molar-refractivity contribution is 7.89. The first-order valence-electron chi connectivity index (χ1n) is 7.51. The summed E-state index contributed by atoms with van der Waals surface area (Å²) in [5.41, 5.74) is 1.06. The summed E-state index contributed by atoms with van der Waals surface area (Å²) in [6.45, 7) is 1.46. The van der Waals surface area contributed by atoms with Crippen molar-refractivity contribution in [1.29, 1.82) is 0 Å². The van der Waals surface area contributed by atoms with E-state index in [0.29, 0.717) is 27.0 Å². The normalized spacial score (nSPS) is 11.5. The van der Waals surface area contributed by atoms with E-state index in [4.69, 9.17) is 27.9 Å². The first-order valence-corrected chi connectivity index (χ1v) is 9.71. The van der Waals surface area contributed by atoms with Gasteiger partial charge in [0.2, 0.25) is 10.0 Å². The van der Waals surface area contributed by atoms with Crippen molar-refractivity contribution in [2.24, 2.45) is 0 Å². The lowest BCUT2D eigenvalue weighted by Crippen LogP contribution is -2.22. The van der Waals surface area contributed by atoms with Crippen molar-refractivity contribution >= 4 is 44.8 Å². The summed E-state index contributed by atoms with van der Waals surface area (Å²) in [5.74, 6) is 0.0229. The molecule has 0 radical (unpaired) electrons. The molecule has 0 spiro atoms. The van der Waals surface area contributed by atoms with Gasteiger partial charge in [0.1, 0.15) is 5.75 Å². The smallest absolute Gasteiger partial charge is 0.262 e. The minimum atomic E-state index is -3.52. The van der Waals surface area contributed by atoms with Crippen molar-refractivity contribution in [2.75, 3.05) is 26.0 Å². The number of anilines is 1. The minimum absolute atomic E-state index is 0.158. The molecule has 9 heteroatoms. The van der Waals surface area contributed by atoms with Crippen LogP contribution in [0.25, 0.3) is 0 Å². The third-order valence-corrected chi connectivity index (χ3v) is 5.68. The van der Waals surface area contributed by atoms with Gasteiger partial charge < -0.3 is 10.1 Å². The van der Waals surface area contributed by atoms with Crippen LogP contribution in [-0.2, 0) is 14.8 Å². The molecule has 1 N–H and O–H groups in total. The number of nitrogens with zero attached hydrogens (tertiary/aromatic N) is 1. The molecular weight excluding hydrogens is 399 g/mol. The van der Waals surface area contributed by atoms with Gasteiger partial charge in [-0.05, 0) is 48.9 Å². The summed E-state index contributed by atoms with van der Waals surface area (Å²) in [6.07, 6.45) is 0. The van der Waals surface area contributed by atoms with E-state index in [1.54, 1.807) is 25.1 Å². The number of carbonyl (C=O) groups excluding carboxylic acids is 1. The Morgan fingerprint density at radius 3 is 2.27 bits per heavy atom. The quantitative estimate of drug-likeness (QED) is 0.780. The molecule has 0 saturated heterocycles. The van der Waals surface area contributed by atoms with Crippen LogP contribution in [-0.4, -0.2) is 39.3 Å². The van der Waals surface area contributed by atoms with Crippen molar-refractivity contribution in [3.05, 3.63) is 52.0 Å². The molecule has 0 aromatic heterocycles. The molecule has 1 amide bonds. The SMILES string of the molecule is Cc1cc(S(=O)(=O)N(C)C)ccc1OCC(=O)Nc1cc(Cl)cc(Cl)c1. The lowest BCUT2D eigenvalue weighted by Gasteiger charge is -2.14. The van der Waals surface area contributed by atoms with Crippen molar-refractivity contribution in [1.82, 2.24) is 4.31 Å². The molecule has 2 aromatic carbocycles. The van der Waals surface area contributed by atoms with Gasteiger partial charge in [-0.1, -0.05) is 23.2 Å². The first-order chi connectivity index (χ1) is 12.1. The topological polar surface area (TPSA) is 75.7 Å². The average molecular weight is 417 g/mol. The number of hydrogen-bond acceptors (Lipinski definition) is 4. The van der Waals surface area contributed by atoms with E-state index < -0.39 is 15.9 Å². The van der Waals surface area contributed by atoms with Gasteiger partial charge in [0.05, 0.1) is 4.90 Å². The Morgan fingerprint density at radius 1 is 1.12 bits per heavy atom. The zero-order valence-electron chi connectivity index (χ0n) is 14.4. The zero-order valence-corrected chi connectivity index (χ0v) is 16.7. The number of halogens is 2. The number of sulfonamides is 1. The molecule has 26 heavy (non-hydrogen) atoms. The Labute approximate surface area is 162 Å². The van der Waals surface area contributed by atoms with Crippen LogP contribution in [0, 0.1) is 6.92 Å². The van der Waals surface area contributed by atoms with E-state index in [0.717, 1.165) is 4.31 Å². The Kier molecular flexibility index (Phi) is 6.52. The number of nitrogens with one attached hydrogen (secondary N) is 1. The fourth-order valence-electron chi connectivity index (χ4n) is 2.12. The number of hydrogen-bond donors (Lipinski definition) is 1. The lowest BCUT2D eigenvalue weighted by atomic mass is 10.2. The predicted octanol–water partition coefficient (Wildman–Crippen LogP) is 3.57. The molecule has 2 aromatic rings. The highest BCUT2D eigenvalue weighted by Gasteiger charge is 2.18. The second kappa shape index (κ2) is 8.26. The number of aryl methyl sites for hydroxylation is 1. The summed E-state index contributed by atoms with van der Waals surface area (Å²) in [7, 11) is -0.603. The van der Waals surface area contributed by atoms with Gasteiger partial charge in [-0.25, -0.2) is 12.7 Å². The van der Waals surface area contributed by atoms with Crippen LogP contribution < -0.4 is 10.1 Å². The first kappa shape index (κ1) is 20.5. The molecule has 140 valence electrons. The monoisotopic (exact) mass is 416 g/mol. The van der Waals surface area contributed by atoms with Crippen molar-refractivity contribution in [3.8, 4) is 5.75 Å². The van der Waals surface area contributed by atoms with E-state index in [1.807, 2.05) is 0 Å². The van der Waals surface area contributed by atoms with Gasteiger partial charge >= 0.3 is 0 Å². The summed E-state index contributed by atoms with van der Waals surface area (Å²) in [4.78, 5) is 12.2. The van der Waals surface area contributed by atoms with Crippen molar-refractivity contribution in [3.63, 3.8) is 0 Å². The molecule has 0 aliphatic heterocycles. The molecule has 0 heterocycles. The van der Waals surface area contributed by atoms with E-state index in [1.165, 1.54) is 32.3 Å². The molecule has 0 aliphatic rings. The summed E-state index contributed by atoms with van der Waals surface area (Å²) >= 11 is 11.8. The van der Waals surface area contributed by atoms with Gasteiger partial charge in [0, 0.05) is 29.8 Å². The number of rotatable bonds is 6. The van der Waals surface area contributed by atoms with E-state index in [-0.39, 0.29) is 11.5 Å².